The van der Waals surface area contributed by atoms with Gasteiger partial charge < -0.3 is 19.8 Å². The molecule has 0 radical (unpaired) electrons. The lowest BCUT2D eigenvalue weighted by molar-refractivity contribution is -0.119. The molecule has 3 aromatic rings. The SMILES string of the molecule is COc1cc(F)c([C@@H]2CNC(=O)[C@H]2Nc2nnc(-c3ccc(C(F)F)cc3)o2)c(F)c1. The predicted molar refractivity (Wildman–Crippen MR) is 101 cm³/mol. The smallest absolute Gasteiger partial charge is 0.316 e. The molecule has 0 spiro atoms. The van der Waals surface area contributed by atoms with Gasteiger partial charge in [-0.05, 0) is 12.1 Å². The minimum atomic E-state index is -2.61. The van der Waals surface area contributed by atoms with E-state index in [0.29, 0.717) is 5.56 Å². The van der Waals surface area contributed by atoms with Crippen LogP contribution in [-0.2, 0) is 4.79 Å². The topological polar surface area (TPSA) is 89.3 Å². The Morgan fingerprint density at radius 1 is 1.16 bits per heavy atom. The van der Waals surface area contributed by atoms with Gasteiger partial charge >= 0.3 is 6.01 Å². The second-order valence-electron chi connectivity index (χ2n) is 6.81. The van der Waals surface area contributed by atoms with Gasteiger partial charge in [-0.1, -0.05) is 17.2 Å². The predicted octanol–water partition coefficient (Wildman–Crippen LogP) is 3.66. The molecule has 162 valence electrons. The second-order valence-corrected chi connectivity index (χ2v) is 6.81. The van der Waals surface area contributed by atoms with Crippen molar-refractivity contribution >= 4 is 11.9 Å². The van der Waals surface area contributed by atoms with Crippen molar-refractivity contribution < 1.29 is 31.5 Å². The van der Waals surface area contributed by atoms with Gasteiger partial charge in [-0.3, -0.25) is 4.79 Å². The summed E-state index contributed by atoms with van der Waals surface area (Å²) in [5, 5.41) is 12.9. The Bertz CT molecular complexity index is 1080. The number of aromatic nitrogens is 2. The first-order valence-corrected chi connectivity index (χ1v) is 9.16. The van der Waals surface area contributed by atoms with E-state index in [9.17, 15) is 22.4 Å². The molecule has 0 aliphatic carbocycles. The number of carbonyl (C=O) groups excluding carboxylic acids is 1. The third-order valence-electron chi connectivity index (χ3n) is 4.95. The number of hydrogen-bond donors (Lipinski definition) is 2. The Morgan fingerprint density at radius 3 is 2.45 bits per heavy atom. The number of hydrogen-bond acceptors (Lipinski definition) is 6. The Labute approximate surface area is 173 Å². The van der Waals surface area contributed by atoms with Crippen LogP contribution in [0, 0.1) is 11.6 Å². The monoisotopic (exact) mass is 436 g/mol. The second kappa shape index (κ2) is 8.25. The first kappa shape index (κ1) is 20.6. The molecule has 1 aliphatic rings. The number of anilines is 1. The molecule has 1 amide bonds. The van der Waals surface area contributed by atoms with Gasteiger partial charge in [-0.2, -0.15) is 0 Å². The maximum Gasteiger partial charge on any atom is 0.316 e. The van der Waals surface area contributed by atoms with E-state index in [1.165, 1.54) is 31.4 Å². The fourth-order valence-electron chi connectivity index (χ4n) is 3.39. The van der Waals surface area contributed by atoms with Crippen molar-refractivity contribution in [2.45, 2.75) is 18.4 Å². The zero-order chi connectivity index (χ0) is 22.1. The molecule has 2 atom stereocenters. The summed E-state index contributed by atoms with van der Waals surface area (Å²) in [4.78, 5) is 12.3. The van der Waals surface area contributed by atoms with E-state index in [1.54, 1.807) is 0 Å². The Kier molecular flexibility index (Phi) is 5.49. The molecule has 1 fully saturated rings. The van der Waals surface area contributed by atoms with Crippen molar-refractivity contribution in [1.29, 1.82) is 0 Å². The van der Waals surface area contributed by atoms with Crippen molar-refractivity contribution in [3.8, 4) is 17.2 Å². The van der Waals surface area contributed by atoms with Gasteiger partial charge in [0.2, 0.25) is 11.8 Å². The molecule has 7 nitrogen and oxygen atoms in total. The van der Waals surface area contributed by atoms with E-state index >= 15 is 0 Å². The lowest BCUT2D eigenvalue weighted by atomic mass is 9.93. The van der Waals surface area contributed by atoms with E-state index in [2.05, 4.69) is 20.8 Å². The first-order chi connectivity index (χ1) is 14.9. The average Bonchev–Trinajstić information content (AvgIpc) is 3.36. The highest BCUT2D eigenvalue weighted by atomic mass is 19.3. The Balaban J connectivity index is 1.57. The fourth-order valence-corrected chi connectivity index (χ4v) is 3.39. The highest BCUT2D eigenvalue weighted by Crippen LogP contribution is 2.33. The van der Waals surface area contributed by atoms with Crippen LogP contribution in [0.1, 0.15) is 23.5 Å². The van der Waals surface area contributed by atoms with Gasteiger partial charge in [-0.25, -0.2) is 17.6 Å². The van der Waals surface area contributed by atoms with Crippen LogP contribution in [0.25, 0.3) is 11.5 Å². The van der Waals surface area contributed by atoms with Gasteiger partial charge in [0.15, 0.2) is 0 Å². The number of nitrogens with zero attached hydrogens (tertiary/aromatic N) is 2. The normalized spacial score (nSPS) is 18.3. The minimum absolute atomic E-state index is 0.00719. The third kappa shape index (κ3) is 4.03. The van der Waals surface area contributed by atoms with Crippen molar-refractivity contribution in [2.75, 3.05) is 19.0 Å². The summed E-state index contributed by atoms with van der Waals surface area (Å²) in [6, 6.07) is 6.08. The number of benzene rings is 2. The number of amides is 1. The van der Waals surface area contributed by atoms with Crippen LogP contribution in [0.15, 0.2) is 40.8 Å². The molecular formula is C20H16F4N4O3. The zero-order valence-electron chi connectivity index (χ0n) is 16.0. The molecule has 1 aromatic heterocycles. The van der Waals surface area contributed by atoms with E-state index < -0.39 is 35.9 Å². The fraction of sp³-hybridized carbons (Fsp3) is 0.250. The summed E-state index contributed by atoms with van der Waals surface area (Å²) < 4.78 is 64.7. The molecular weight excluding hydrogens is 420 g/mol. The van der Waals surface area contributed by atoms with Gasteiger partial charge in [0.25, 0.3) is 6.43 Å². The van der Waals surface area contributed by atoms with Gasteiger partial charge in [-0.15, -0.1) is 5.10 Å². The number of methoxy groups -OCH3 is 1. The third-order valence-corrected chi connectivity index (χ3v) is 4.95. The lowest BCUT2D eigenvalue weighted by Gasteiger charge is -2.19. The average molecular weight is 436 g/mol. The molecule has 4 rings (SSSR count). The summed E-state index contributed by atoms with van der Waals surface area (Å²) in [6.07, 6.45) is -2.61. The lowest BCUT2D eigenvalue weighted by Crippen LogP contribution is -2.33. The maximum atomic E-state index is 14.5. The summed E-state index contributed by atoms with van der Waals surface area (Å²) in [5.74, 6) is -3.05. The number of rotatable bonds is 6. The van der Waals surface area contributed by atoms with Crippen molar-refractivity contribution in [1.82, 2.24) is 15.5 Å². The van der Waals surface area contributed by atoms with Crippen LogP contribution < -0.4 is 15.4 Å². The highest BCUT2D eigenvalue weighted by Gasteiger charge is 2.40. The Hall–Kier alpha value is -3.63. The largest absolute Gasteiger partial charge is 0.497 e. The minimum Gasteiger partial charge on any atom is -0.497 e. The molecule has 11 heteroatoms. The molecule has 0 saturated carbocycles. The molecule has 1 aliphatic heterocycles. The van der Waals surface area contributed by atoms with E-state index in [4.69, 9.17) is 9.15 Å². The van der Waals surface area contributed by atoms with Crippen LogP contribution >= 0.6 is 0 Å². The molecule has 1 saturated heterocycles. The van der Waals surface area contributed by atoms with E-state index in [1.807, 2.05) is 0 Å². The summed E-state index contributed by atoms with van der Waals surface area (Å²) in [7, 11) is 1.28. The van der Waals surface area contributed by atoms with Crippen molar-refractivity contribution in [3.05, 3.63) is 59.2 Å². The van der Waals surface area contributed by atoms with Crippen LogP contribution in [0.3, 0.4) is 0 Å². The highest BCUT2D eigenvalue weighted by molar-refractivity contribution is 5.88. The van der Waals surface area contributed by atoms with E-state index in [-0.39, 0.29) is 35.3 Å². The first-order valence-electron chi connectivity index (χ1n) is 9.16. The molecule has 2 heterocycles. The van der Waals surface area contributed by atoms with E-state index in [0.717, 1.165) is 12.1 Å². The summed E-state index contributed by atoms with van der Waals surface area (Å²) >= 11 is 0. The van der Waals surface area contributed by atoms with Crippen molar-refractivity contribution in [2.24, 2.45) is 0 Å². The standard InChI is InChI=1S/C20H16F4N4O3/c1-30-11-6-13(21)15(14(22)7-11)12-8-25-18(29)16(12)26-20-28-27-19(31-20)10-4-2-9(3-5-10)17(23)24/h2-7,12,16-17H,8H2,1H3,(H,25,29)(H,26,28)/t12-,16-/m0/s1. The summed E-state index contributed by atoms with van der Waals surface area (Å²) in [5.41, 5.74) is -0.0424. The number of halogens is 4. The van der Waals surface area contributed by atoms with Gasteiger partial charge in [0.05, 0.1) is 7.11 Å². The van der Waals surface area contributed by atoms with Crippen LogP contribution in [-0.4, -0.2) is 35.8 Å². The molecule has 0 unspecified atom stereocenters. The summed E-state index contributed by atoms with van der Waals surface area (Å²) in [6.45, 7) is -0.00719. The Morgan fingerprint density at radius 2 is 1.84 bits per heavy atom. The number of alkyl halides is 2. The maximum absolute atomic E-state index is 14.5. The molecule has 2 N–H and O–H groups in total. The number of carbonyl (C=O) groups is 1. The quantitative estimate of drug-likeness (QED) is 0.574. The van der Waals surface area contributed by atoms with Crippen LogP contribution in [0.2, 0.25) is 0 Å². The zero-order valence-corrected chi connectivity index (χ0v) is 16.0. The number of nitrogens with one attached hydrogen (secondary N) is 2. The van der Waals surface area contributed by atoms with Crippen molar-refractivity contribution in [3.63, 3.8) is 0 Å². The van der Waals surface area contributed by atoms with Crippen LogP contribution in [0.5, 0.6) is 5.75 Å². The van der Waals surface area contributed by atoms with Gasteiger partial charge in [0, 0.05) is 41.3 Å². The van der Waals surface area contributed by atoms with Gasteiger partial charge in [0.1, 0.15) is 23.4 Å². The van der Waals surface area contributed by atoms with Crippen LogP contribution in [0.4, 0.5) is 23.6 Å². The molecule has 2 aromatic carbocycles. The molecule has 31 heavy (non-hydrogen) atoms. The molecule has 0 bridgehead atoms. The number of ether oxygens (including phenoxy) is 1.